The van der Waals surface area contributed by atoms with E-state index in [-0.39, 0.29) is 5.41 Å². The van der Waals surface area contributed by atoms with Gasteiger partial charge in [-0.1, -0.05) is 86.6 Å². The van der Waals surface area contributed by atoms with Gasteiger partial charge < -0.3 is 0 Å². The van der Waals surface area contributed by atoms with Gasteiger partial charge in [0.2, 0.25) is 0 Å². The molecule has 2 aromatic heterocycles. The van der Waals surface area contributed by atoms with Gasteiger partial charge in [-0.2, -0.15) is 0 Å². The second kappa shape index (κ2) is 9.70. The van der Waals surface area contributed by atoms with Gasteiger partial charge in [-0.25, -0.2) is 0 Å². The Balaban J connectivity index is 1.37. The number of nitrogens with zero attached hydrogens (tertiary/aromatic N) is 2. The third-order valence-corrected chi connectivity index (χ3v) is 9.70. The molecule has 0 bridgehead atoms. The first-order chi connectivity index (χ1) is 22.1. The summed E-state index contributed by atoms with van der Waals surface area (Å²) in [5.41, 5.74) is 11.7. The Hall–Kier alpha value is -5.60. The van der Waals surface area contributed by atoms with E-state index in [4.69, 9.17) is 9.97 Å². The third kappa shape index (κ3) is 3.96. The molecule has 0 amide bonds. The summed E-state index contributed by atoms with van der Waals surface area (Å²) in [6.45, 7) is 4.73. The highest BCUT2D eigenvalue weighted by atomic mass is 14.7. The molecule has 212 valence electrons. The van der Waals surface area contributed by atoms with Crippen molar-refractivity contribution in [3.63, 3.8) is 0 Å². The first-order valence-electron chi connectivity index (χ1n) is 15.6. The second-order valence-electron chi connectivity index (χ2n) is 12.7. The molecule has 0 radical (unpaired) electrons. The molecule has 0 unspecified atom stereocenters. The van der Waals surface area contributed by atoms with Crippen molar-refractivity contribution in [1.29, 1.82) is 0 Å². The van der Waals surface area contributed by atoms with E-state index < -0.39 is 0 Å². The van der Waals surface area contributed by atoms with Gasteiger partial charge in [0, 0.05) is 28.9 Å². The van der Waals surface area contributed by atoms with Crippen molar-refractivity contribution < 1.29 is 0 Å². The Labute approximate surface area is 262 Å². The Morgan fingerprint density at radius 2 is 0.889 bits per heavy atom. The lowest BCUT2D eigenvalue weighted by Crippen LogP contribution is -2.15. The van der Waals surface area contributed by atoms with Crippen LogP contribution in [-0.2, 0) is 5.41 Å². The summed E-state index contributed by atoms with van der Waals surface area (Å²) in [6, 6.07) is 48.3. The highest BCUT2D eigenvalue weighted by molar-refractivity contribution is 6.30. The number of pyridine rings is 2. The molecule has 45 heavy (non-hydrogen) atoms. The number of hydrogen-bond acceptors (Lipinski definition) is 2. The fourth-order valence-corrected chi connectivity index (χ4v) is 7.43. The van der Waals surface area contributed by atoms with Crippen molar-refractivity contribution in [3.8, 4) is 44.8 Å². The van der Waals surface area contributed by atoms with E-state index in [1.54, 1.807) is 0 Å². The van der Waals surface area contributed by atoms with Crippen LogP contribution in [0.5, 0.6) is 0 Å². The van der Waals surface area contributed by atoms with Crippen molar-refractivity contribution in [2.45, 2.75) is 19.3 Å². The van der Waals surface area contributed by atoms with Gasteiger partial charge >= 0.3 is 0 Å². The predicted molar refractivity (Wildman–Crippen MR) is 188 cm³/mol. The first kappa shape index (κ1) is 25.9. The highest BCUT2D eigenvalue weighted by Gasteiger charge is 2.36. The van der Waals surface area contributed by atoms with Crippen molar-refractivity contribution in [1.82, 2.24) is 9.97 Å². The maximum Gasteiger partial charge on any atom is 0.0702 e. The molecule has 1 aliphatic rings. The molecule has 9 rings (SSSR count). The molecule has 0 fully saturated rings. The van der Waals surface area contributed by atoms with Crippen LogP contribution >= 0.6 is 0 Å². The fraction of sp³-hybridized carbons (Fsp3) is 0.0698. The van der Waals surface area contributed by atoms with Crippen molar-refractivity contribution in [2.75, 3.05) is 0 Å². The molecule has 0 saturated carbocycles. The van der Waals surface area contributed by atoms with E-state index in [0.717, 1.165) is 22.5 Å². The lowest BCUT2D eigenvalue weighted by molar-refractivity contribution is 0.663. The lowest BCUT2D eigenvalue weighted by atomic mass is 9.80. The zero-order valence-electron chi connectivity index (χ0n) is 25.3. The van der Waals surface area contributed by atoms with Crippen LogP contribution < -0.4 is 0 Å². The molecular formula is C43H30N2. The molecule has 2 heterocycles. The first-order valence-corrected chi connectivity index (χ1v) is 15.6. The highest BCUT2D eigenvalue weighted by Crippen LogP contribution is 2.53. The van der Waals surface area contributed by atoms with Crippen molar-refractivity contribution >= 4 is 32.3 Å². The Morgan fingerprint density at radius 3 is 1.49 bits per heavy atom. The van der Waals surface area contributed by atoms with Crippen LogP contribution in [-0.4, -0.2) is 9.97 Å². The van der Waals surface area contributed by atoms with Gasteiger partial charge in [0.15, 0.2) is 0 Å². The van der Waals surface area contributed by atoms with Crippen LogP contribution in [0.4, 0.5) is 0 Å². The molecular weight excluding hydrogens is 544 g/mol. The normalized spacial score (nSPS) is 13.3. The quantitative estimate of drug-likeness (QED) is 0.195. The molecule has 6 aromatic carbocycles. The summed E-state index contributed by atoms with van der Waals surface area (Å²) in [4.78, 5) is 9.52. The number of benzene rings is 6. The van der Waals surface area contributed by atoms with E-state index in [2.05, 4.69) is 135 Å². The minimum Gasteiger partial charge on any atom is -0.256 e. The lowest BCUT2D eigenvalue weighted by Gasteiger charge is -2.23. The number of fused-ring (bicyclic) bond motifs is 3. The summed E-state index contributed by atoms with van der Waals surface area (Å²) < 4.78 is 0. The van der Waals surface area contributed by atoms with Gasteiger partial charge in [-0.3, -0.25) is 9.97 Å². The zero-order chi connectivity index (χ0) is 30.1. The summed E-state index contributed by atoms with van der Waals surface area (Å²) in [5, 5.41) is 7.83. The molecule has 2 nitrogen and oxygen atoms in total. The van der Waals surface area contributed by atoms with Crippen LogP contribution in [0.2, 0.25) is 0 Å². The van der Waals surface area contributed by atoms with E-state index in [1.807, 2.05) is 24.5 Å². The van der Waals surface area contributed by atoms with Gasteiger partial charge in [0.25, 0.3) is 0 Å². The van der Waals surface area contributed by atoms with Crippen molar-refractivity contribution in [3.05, 3.63) is 157 Å². The fourth-order valence-electron chi connectivity index (χ4n) is 7.43. The predicted octanol–water partition coefficient (Wildman–Crippen LogP) is 11.2. The van der Waals surface area contributed by atoms with Crippen molar-refractivity contribution in [2.24, 2.45) is 0 Å². The number of hydrogen-bond donors (Lipinski definition) is 0. The Kier molecular flexibility index (Phi) is 5.58. The van der Waals surface area contributed by atoms with Gasteiger partial charge in [-0.05, 0) is 126 Å². The largest absolute Gasteiger partial charge is 0.256 e. The third-order valence-electron chi connectivity index (χ3n) is 9.70. The molecule has 0 spiro atoms. The Bertz CT molecular complexity index is 2430. The van der Waals surface area contributed by atoms with Gasteiger partial charge in [-0.15, -0.1) is 0 Å². The second-order valence-corrected chi connectivity index (χ2v) is 12.7. The molecule has 0 atom stereocenters. The Morgan fingerprint density at radius 1 is 0.378 bits per heavy atom. The van der Waals surface area contributed by atoms with E-state index in [1.165, 1.54) is 65.7 Å². The minimum absolute atomic E-state index is 0.182. The summed E-state index contributed by atoms with van der Waals surface area (Å²) in [7, 11) is 0. The standard InChI is InChI=1S/C43H30N2/c1-43(2)37-25-31(39-15-6-8-19-44-39)23-35-33-18-17-30(29-14-10-13-28(21-29)27-11-4-3-5-12-27)22-34(33)36-24-32(40-16-7-9-20-45-40)26-38(43)42(36)41(35)37/h3-26H,1-2H3. The van der Waals surface area contributed by atoms with E-state index in [9.17, 15) is 0 Å². The SMILES string of the molecule is CC1(C)c2cc(-c3ccccn3)cc3c4ccc(-c5cccc(-c6ccccc6)c5)cc4c4cc(-c5ccccn5)cc1c4c23. The van der Waals surface area contributed by atoms with Gasteiger partial charge in [0.05, 0.1) is 11.4 Å². The van der Waals surface area contributed by atoms with Gasteiger partial charge in [0.1, 0.15) is 0 Å². The zero-order valence-corrected chi connectivity index (χ0v) is 25.3. The molecule has 0 saturated heterocycles. The van der Waals surface area contributed by atoms with Crippen LogP contribution in [0, 0.1) is 0 Å². The summed E-state index contributed by atoms with van der Waals surface area (Å²) >= 11 is 0. The maximum atomic E-state index is 4.77. The molecule has 2 heteroatoms. The van der Waals surface area contributed by atoms with E-state index >= 15 is 0 Å². The van der Waals surface area contributed by atoms with Crippen LogP contribution in [0.3, 0.4) is 0 Å². The van der Waals surface area contributed by atoms with Crippen LogP contribution in [0.15, 0.2) is 146 Å². The van der Waals surface area contributed by atoms with E-state index in [0.29, 0.717) is 0 Å². The monoisotopic (exact) mass is 574 g/mol. The number of aromatic nitrogens is 2. The summed E-state index contributed by atoms with van der Waals surface area (Å²) in [6.07, 6.45) is 3.77. The molecule has 0 aliphatic heterocycles. The molecule has 8 aromatic rings. The maximum absolute atomic E-state index is 4.77. The summed E-state index contributed by atoms with van der Waals surface area (Å²) in [5.74, 6) is 0. The van der Waals surface area contributed by atoms with Crippen LogP contribution in [0.1, 0.15) is 25.0 Å². The molecule has 1 aliphatic carbocycles. The average Bonchev–Trinajstić information content (AvgIpc) is 3.34. The average molecular weight is 575 g/mol. The minimum atomic E-state index is -0.182. The topological polar surface area (TPSA) is 25.8 Å². The molecule has 0 N–H and O–H groups in total. The smallest absolute Gasteiger partial charge is 0.0702 e. The van der Waals surface area contributed by atoms with Crippen LogP contribution in [0.25, 0.3) is 77.1 Å². The number of rotatable bonds is 4.